The topological polar surface area (TPSA) is 46.1 Å². The van der Waals surface area contributed by atoms with Crippen molar-refractivity contribution in [1.82, 2.24) is 15.1 Å². The number of carbonyl (C=O) groups excluding carboxylic acids is 1. The average molecular weight is 274 g/mol. The van der Waals surface area contributed by atoms with Gasteiger partial charge in [0.05, 0.1) is 0 Å². The number of aromatic nitrogens is 2. The highest BCUT2D eigenvalue weighted by Crippen LogP contribution is 2.20. The van der Waals surface area contributed by atoms with Crippen molar-refractivity contribution in [2.24, 2.45) is 0 Å². The standard InChI is InChI=1S/C7H7ClF3N3OS/c1-2-14(3-7(9,10)11)5(15)4-12-13-6(8)16-4/h2-3H2,1H3. The summed E-state index contributed by atoms with van der Waals surface area (Å²) in [6.07, 6.45) is -4.43. The Morgan fingerprint density at radius 3 is 2.50 bits per heavy atom. The van der Waals surface area contributed by atoms with Crippen molar-refractivity contribution >= 4 is 28.8 Å². The van der Waals surface area contributed by atoms with Gasteiger partial charge in [-0.05, 0) is 18.5 Å². The van der Waals surface area contributed by atoms with E-state index >= 15 is 0 Å². The van der Waals surface area contributed by atoms with E-state index in [1.165, 1.54) is 6.92 Å². The largest absolute Gasteiger partial charge is 0.406 e. The third-order valence-electron chi connectivity index (χ3n) is 1.62. The van der Waals surface area contributed by atoms with E-state index < -0.39 is 18.6 Å². The lowest BCUT2D eigenvalue weighted by Gasteiger charge is -2.20. The van der Waals surface area contributed by atoms with E-state index in [2.05, 4.69) is 10.2 Å². The van der Waals surface area contributed by atoms with Crippen LogP contribution < -0.4 is 0 Å². The summed E-state index contributed by atoms with van der Waals surface area (Å²) in [7, 11) is 0. The van der Waals surface area contributed by atoms with Gasteiger partial charge in [0.2, 0.25) is 9.47 Å². The van der Waals surface area contributed by atoms with Gasteiger partial charge in [-0.1, -0.05) is 11.3 Å². The first-order valence-corrected chi connectivity index (χ1v) is 5.38. The number of halogens is 4. The lowest BCUT2D eigenvalue weighted by molar-refractivity contribution is -0.140. The Hall–Kier alpha value is -0.890. The maximum atomic E-state index is 12.1. The van der Waals surface area contributed by atoms with Gasteiger partial charge in [0, 0.05) is 6.54 Å². The lowest BCUT2D eigenvalue weighted by Crippen LogP contribution is -2.38. The summed E-state index contributed by atoms with van der Waals surface area (Å²) in [5.41, 5.74) is 0. The normalized spacial score (nSPS) is 11.6. The minimum Gasteiger partial charge on any atom is -0.328 e. The van der Waals surface area contributed by atoms with Gasteiger partial charge in [-0.2, -0.15) is 13.2 Å². The molecule has 0 N–H and O–H groups in total. The zero-order valence-corrected chi connectivity index (χ0v) is 9.66. The van der Waals surface area contributed by atoms with E-state index in [1.807, 2.05) is 0 Å². The van der Waals surface area contributed by atoms with Crippen molar-refractivity contribution in [3.05, 3.63) is 9.47 Å². The quantitative estimate of drug-likeness (QED) is 0.848. The monoisotopic (exact) mass is 273 g/mol. The Kier molecular flexibility index (Phi) is 4.09. The molecular weight excluding hydrogens is 267 g/mol. The van der Waals surface area contributed by atoms with Crippen molar-refractivity contribution in [2.75, 3.05) is 13.1 Å². The second kappa shape index (κ2) is 4.96. The SMILES string of the molecule is CCN(CC(F)(F)F)C(=O)c1nnc(Cl)s1. The van der Waals surface area contributed by atoms with Crippen LogP contribution in [0.25, 0.3) is 0 Å². The number of rotatable bonds is 3. The molecule has 0 atom stereocenters. The lowest BCUT2D eigenvalue weighted by atomic mass is 10.4. The highest BCUT2D eigenvalue weighted by Gasteiger charge is 2.33. The molecule has 16 heavy (non-hydrogen) atoms. The third-order valence-corrected chi connectivity index (χ3v) is 2.63. The van der Waals surface area contributed by atoms with E-state index in [1.54, 1.807) is 0 Å². The highest BCUT2D eigenvalue weighted by atomic mass is 35.5. The van der Waals surface area contributed by atoms with Crippen LogP contribution in [-0.2, 0) is 0 Å². The van der Waals surface area contributed by atoms with Crippen molar-refractivity contribution in [3.8, 4) is 0 Å². The van der Waals surface area contributed by atoms with Gasteiger partial charge in [-0.3, -0.25) is 4.79 Å². The van der Waals surface area contributed by atoms with Gasteiger partial charge < -0.3 is 4.90 Å². The number of carbonyl (C=O) groups is 1. The maximum Gasteiger partial charge on any atom is 0.406 e. The average Bonchev–Trinajstić information content (AvgIpc) is 2.58. The predicted octanol–water partition coefficient (Wildman–Crippen LogP) is 2.22. The van der Waals surface area contributed by atoms with Crippen LogP contribution in [0.15, 0.2) is 0 Å². The maximum absolute atomic E-state index is 12.1. The molecule has 4 nitrogen and oxygen atoms in total. The molecule has 0 saturated carbocycles. The van der Waals surface area contributed by atoms with Gasteiger partial charge in [0.25, 0.3) is 5.91 Å². The van der Waals surface area contributed by atoms with Crippen molar-refractivity contribution < 1.29 is 18.0 Å². The second-order valence-corrected chi connectivity index (χ2v) is 4.35. The molecule has 1 heterocycles. The fraction of sp³-hybridized carbons (Fsp3) is 0.571. The number of amides is 1. The summed E-state index contributed by atoms with van der Waals surface area (Å²) in [5, 5.41) is 6.61. The summed E-state index contributed by atoms with van der Waals surface area (Å²) in [6.45, 7) is 0.0847. The van der Waals surface area contributed by atoms with Crippen LogP contribution in [0.4, 0.5) is 13.2 Å². The van der Waals surface area contributed by atoms with Crippen molar-refractivity contribution in [2.45, 2.75) is 13.1 Å². The molecule has 0 aliphatic heterocycles. The number of hydrogen-bond donors (Lipinski definition) is 0. The molecule has 0 aliphatic rings. The molecular formula is C7H7ClF3N3OS. The zero-order valence-electron chi connectivity index (χ0n) is 8.08. The first-order chi connectivity index (χ1) is 7.33. The van der Waals surface area contributed by atoms with Crippen LogP contribution in [0.2, 0.25) is 4.47 Å². The molecule has 0 spiro atoms. The van der Waals surface area contributed by atoms with E-state index in [0.717, 1.165) is 11.3 Å². The fourth-order valence-electron chi connectivity index (χ4n) is 0.971. The first-order valence-electron chi connectivity index (χ1n) is 4.18. The molecule has 0 aliphatic carbocycles. The number of hydrogen-bond acceptors (Lipinski definition) is 4. The van der Waals surface area contributed by atoms with E-state index in [4.69, 9.17) is 11.6 Å². The smallest absolute Gasteiger partial charge is 0.328 e. The van der Waals surface area contributed by atoms with Gasteiger partial charge in [-0.15, -0.1) is 10.2 Å². The Bertz CT molecular complexity index is 381. The number of nitrogens with zero attached hydrogens (tertiary/aromatic N) is 3. The Balaban J connectivity index is 2.78. The van der Waals surface area contributed by atoms with Gasteiger partial charge in [-0.25, -0.2) is 0 Å². The van der Waals surface area contributed by atoms with Crippen LogP contribution in [0, 0.1) is 0 Å². The van der Waals surface area contributed by atoms with Gasteiger partial charge >= 0.3 is 6.18 Å². The summed E-state index contributed by atoms with van der Waals surface area (Å²) in [4.78, 5) is 12.2. The van der Waals surface area contributed by atoms with E-state index in [-0.39, 0.29) is 16.0 Å². The Morgan fingerprint density at radius 2 is 2.12 bits per heavy atom. The molecule has 1 amide bonds. The zero-order chi connectivity index (χ0) is 12.3. The van der Waals surface area contributed by atoms with E-state index in [9.17, 15) is 18.0 Å². The van der Waals surface area contributed by atoms with Crippen LogP contribution in [0.1, 0.15) is 16.7 Å². The van der Waals surface area contributed by atoms with Gasteiger partial charge in [0.15, 0.2) is 0 Å². The molecule has 0 bridgehead atoms. The van der Waals surface area contributed by atoms with Crippen LogP contribution in [-0.4, -0.2) is 40.3 Å². The molecule has 0 aromatic carbocycles. The Morgan fingerprint density at radius 1 is 1.50 bits per heavy atom. The minimum absolute atomic E-state index is 0.0198. The van der Waals surface area contributed by atoms with Crippen molar-refractivity contribution in [3.63, 3.8) is 0 Å². The predicted molar refractivity (Wildman–Crippen MR) is 52.6 cm³/mol. The first kappa shape index (κ1) is 13.2. The van der Waals surface area contributed by atoms with Gasteiger partial charge in [0.1, 0.15) is 6.54 Å². The van der Waals surface area contributed by atoms with Crippen LogP contribution in [0.5, 0.6) is 0 Å². The summed E-state index contributed by atoms with van der Waals surface area (Å²) >= 11 is 6.19. The third kappa shape index (κ3) is 3.60. The summed E-state index contributed by atoms with van der Waals surface area (Å²) in [5.74, 6) is -0.816. The molecule has 1 rings (SSSR count). The molecule has 9 heteroatoms. The van der Waals surface area contributed by atoms with E-state index in [0.29, 0.717) is 4.90 Å². The van der Waals surface area contributed by atoms with Crippen LogP contribution >= 0.6 is 22.9 Å². The second-order valence-electron chi connectivity index (χ2n) is 2.79. The molecule has 90 valence electrons. The summed E-state index contributed by atoms with van der Waals surface area (Å²) in [6, 6.07) is 0. The molecule has 0 unspecified atom stereocenters. The fourth-order valence-corrected chi connectivity index (χ4v) is 1.77. The minimum atomic E-state index is -4.43. The van der Waals surface area contributed by atoms with Crippen LogP contribution in [0.3, 0.4) is 0 Å². The molecule has 0 saturated heterocycles. The molecule has 0 radical (unpaired) electrons. The molecule has 1 aromatic rings. The summed E-state index contributed by atoms with van der Waals surface area (Å²) < 4.78 is 36.4. The molecule has 0 fully saturated rings. The Labute approximate surface area is 98.0 Å². The highest BCUT2D eigenvalue weighted by molar-refractivity contribution is 7.17. The van der Waals surface area contributed by atoms with Crippen molar-refractivity contribution in [1.29, 1.82) is 0 Å². The number of alkyl halides is 3. The molecule has 1 aromatic heterocycles.